The first kappa shape index (κ1) is 26.7. The molecule has 1 fully saturated rings. The standard InChI is InChI=1S/C26H32N8O4S/c1-2-5-23-29-22(16-39-23)26(37)33-13-20-18-6-3-7-19(12-18)38-11-10-32(24(35)15-34-17-28-30-31-34)9-4-8-27-25(36)21(20)14-33/h3,6-7,12,16-17,20-21H,2,4-5,8-11,13-15H2,1H3,(H,27,36)/t20-,21+/m1/s1. The van der Waals surface area contributed by atoms with Crippen molar-refractivity contribution in [1.29, 1.82) is 0 Å². The van der Waals surface area contributed by atoms with Gasteiger partial charge >= 0.3 is 0 Å². The molecule has 2 aromatic heterocycles. The molecule has 2 aliphatic rings. The maximum Gasteiger partial charge on any atom is 0.273 e. The number of hydrogen-bond donors (Lipinski definition) is 1. The molecular weight excluding hydrogens is 520 g/mol. The van der Waals surface area contributed by atoms with E-state index in [1.54, 1.807) is 9.80 Å². The van der Waals surface area contributed by atoms with Crippen molar-refractivity contribution in [2.45, 2.75) is 38.6 Å². The van der Waals surface area contributed by atoms with Crippen molar-refractivity contribution < 1.29 is 19.1 Å². The number of tetrazole rings is 1. The maximum atomic E-state index is 13.4. The van der Waals surface area contributed by atoms with Crippen molar-refractivity contribution in [1.82, 2.24) is 40.3 Å². The normalized spacial score (nSPS) is 20.1. The lowest BCUT2D eigenvalue weighted by atomic mass is 9.88. The molecule has 13 heteroatoms. The predicted molar refractivity (Wildman–Crippen MR) is 142 cm³/mol. The molecule has 2 atom stereocenters. The highest BCUT2D eigenvalue weighted by Gasteiger charge is 2.41. The first-order valence-electron chi connectivity index (χ1n) is 13.2. The van der Waals surface area contributed by atoms with E-state index >= 15 is 0 Å². The number of aromatic nitrogens is 5. The van der Waals surface area contributed by atoms with E-state index in [0.29, 0.717) is 57.2 Å². The van der Waals surface area contributed by atoms with Gasteiger partial charge in [0.05, 0.1) is 17.5 Å². The van der Waals surface area contributed by atoms with Crippen LogP contribution < -0.4 is 10.1 Å². The Morgan fingerprint density at radius 2 is 2.05 bits per heavy atom. The summed E-state index contributed by atoms with van der Waals surface area (Å²) in [5.41, 5.74) is 1.38. The van der Waals surface area contributed by atoms with Gasteiger partial charge in [-0.05, 0) is 47.4 Å². The van der Waals surface area contributed by atoms with Crippen LogP contribution in [0.5, 0.6) is 5.75 Å². The van der Waals surface area contributed by atoms with Gasteiger partial charge in [0, 0.05) is 37.5 Å². The maximum absolute atomic E-state index is 13.4. The van der Waals surface area contributed by atoms with Gasteiger partial charge in [0.25, 0.3) is 5.91 Å². The van der Waals surface area contributed by atoms with Crippen molar-refractivity contribution in [3.8, 4) is 5.75 Å². The molecule has 1 aromatic carbocycles. The monoisotopic (exact) mass is 552 g/mol. The largest absolute Gasteiger partial charge is 0.492 e. The fourth-order valence-electron chi connectivity index (χ4n) is 5.05. The number of ether oxygens (including phenoxy) is 1. The third-order valence-electron chi connectivity index (χ3n) is 7.04. The Morgan fingerprint density at radius 3 is 2.87 bits per heavy atom. The number of fused-ring (bicyclic) bond motifs is 4. The van der Waals surface area contributed by atoms with E-state index in [-0.39, 0.29) is 30.2 Å². The van der Waals surface area contributed by atoms with E-state index in [1.165, 1.54) is 22.3 Å². The number of likely N-dealkylation sites (tertiary alicyclic amines) is 1. The number of aryl methyl sites for hydroxylation is 1. The summed E-state index contributed by atoms with van der Waals surface area (Å²) < 4.78 is 7.40. The van der Waals surface area contributed by atoms with Crippen molar-refractivity contribution >= 4 is 29.1 Å². The van der Waals surface area contributed by atoms with Gasteiger partial charge in [0.1, 0.15) is 30.9 Å². The number of hydrogen-bond acceptors (Lipinski definition) is 9. The van der Waals surface area contributed by atoms with Gasteiger partial charge in [-0.25, -0.2) is 9.67 Å². The Balaban J connectivity index is 1.32. The lowest BCUT2D eigenvalue weighted by Crippen LogP contribution is -2.40. The minimum Gasteiger partial charge on any atom is -0.492 e. The zero-order valence-electron chi connectivity index (χ0n) is 21.9. The summed E-state index contributed by atoms with van der Waals surface area (Å²) in [6.45, 7) is 4.44. The minimum atomic E-state index is -0.404. The third kappa shape index (κ3) is 6.41. The Kier molecular flexibility index (Phi) is 8.45. The molecule has 0 aliphatic carbocycles. The average Bonchev–Trinajstić information content (AvgIpc) is 3.71. The molecule has 1 saturated heterocycles. The second-order valence-corrected chi connectivity index (χ2v) is 10.7. The highest BCUT2D eigenvalue weighted by atomic mass is 32.1. The second-order valence-electron chi connectivity index (χ2n) is 9.75. The first-order chi connectivity index (χ1) is 19.0. The van der Waals surface area contributed by atoms with Gasteiger partial charge in [-0.3, -0.25) is 14.4 Å². The molecule has 2 bridgehead atoms. The smallest absolute Gasteiger partial charge is 0.273 e. The molecule has 4 heterocycles. The molecule has 5 rings (SSSR count). The number of nitrogens with one attached hydrogen (secondary N) is 1. The summed E-state index contributed by atoms with van der Waals surface area (Å²) in [5, 5.41) is 16.7. The van der Waals surface area contributed by atoms with E-state index in [4.69, 9.17) is 4.74 Å². The number of thiazole rings is 1. The Hall–Kier alpha value is -3.87. The number of rotatable bonds is 5. The van der Waals surface area contributed by atoms with Crippen LogP contribution in [0.1, 0.15) is 46.7 Å². The SMILES string of the molecule is CCCc1nc(C(=O)N2C[C@@H]3C(=O)NCCCN(C(=O)Cn4cnnn4)CCOc4cccc(c4)[C@H]3C2)cs1. The zero-order valence-corrected chi connectivity index (χ0v) is 22.7. The highest BCUT2D eigenvalue weighted by molar-refractivity contribution is 7.09. The number of amides is 3. The van der Waals surface area contributed by atoms with Gasteiger partial charge < -0.3 is 19.9 Å². The van der Waals surface area contributed by atoms with Crippen LogP contribution in [0.3, 0.4) is 0 Å². The summed E-state index contributed by atoms with van der Waals surface area (Å²) in [7, 11) is 0. The fraction of sp³-hybridized carbons (Fsp3) is 0.500. The van der Waals surface area contributed by atoms with Crippen LogP contribution in [0.4, 0.5) is 0 Å². The van der Waals surface area contributed by atoms with E-state index in [1.807, 2.05) is 29.6 Å². The van der Waals surface area contributed by atoms with E-state index in [2.05, 4.69) is 32.7 Å². The fourth-order valence-corrected chi connectivity index (χ4v) is 5.92. The van der Waals surface area contributed by atoms with Crippen molar-refractivity contribution in [2.75, 3.05) is 39.3 Å². The highest BCUT2D eigenvalue weighted by Crippen LogP contribution is 2.35. The molecule has 3 aromatic rings. The van der Waals surface area contributed by atoms with Crippen LogP contribution >= 0.6 is 11.3 Å². The van der Waals surface area contributed by atoms with Crippen LogP contribution in [0, 0.1) is 5.92 Å². The molecule has 0 unspecified atom stereocenters. The van der Waals surface area contributed by atoms with Crippen LogP contribution in [-0.4, -0.2) is 92.0 Å². The van der Waals surface area contributed by atoms with Crippen LogP contribution in [0.2, 0.25) is 0 Å². The van der Waals surface area contributed by atoms with Crippen molar-refractivity contribution in [3.63, 3.8) is 0 Å². The number of carbonyl (C=O) groups excluding carboxylic acids is 3. The van der Waals surface area contributed by atoms with E-state index < -0.39 is 5.92 Å². The molecule has 39 heavy (non-hydrogen) atoms. The van der Waals surface area contributed by atoms with E-state index in [0.717, 1.165) is 23.4 Å². The average molecular weight is 553 g/mol. The number of nitrogens with zero attached hydrogens (tertiary/aromatic N) is 7. The lowest BCUT2D eigenvalue weighted by Gasteiger charge is -2.24. The summed E-state index contributed by atoms with van der Waals surface area (Å²) in [5.74, 6) is -0.287. The van der Waals surface area contributed by atoms with Crippen LogP contribution in [0.25, 0.3) is 0 Å². The second kappa shape index (κ2) is 12.3. The molecule has 12 nitrogen and oxygen atoms in total. The molecule has 3 amide bonds. The molecule has 0 spiro atoms. The van der Waals surface area contributed by atoms with Crippen LogP contribution in [-0.2, 0) is 22.6 Å². The van der Waals surface area contributed by atoms with Gasteiger partial charge in [0.15, 0.2) is 0 Å². The summed E-state index contributed by atoms with van der Waals surface area (Å²) in [4.78, 5) is 47.5. The molecule has 1 N–H and O–H groups in total. The molecule has 2 aliphatic heterocycles. The van der Waals surface area contributed by atoms with Gasteiger partial charge in [-0.15, -0.1) is 16.4 Å². The Bertz CT molecular complexity index is 1300. The Morgan fingerprint density at radius 1 is 1.18 bits per heavy atom. The van der Waals surface area contributed by atoms with Gasteiger partial charge in [0.2, 0.25) is 11.8 Å². The van der Waals surface area contributed by atoms with Crippen molar-refractivity contribution in [2.24, 2.45) is 5.92 Å². The van der Waals surface area contributed by atoms with Gasteiger partial charge in [-0.2, -0.15) is 0 Å². The topological polar surface area (TPSA) is 135 Å². The lowest BCUT2D eigenvalue weighted by molar-refractivity contribution is -0.132. The molecule has 206 valence electrons. The number of carbonyl (C=O) groups is 3. The summed E-state index contributed by atoms with van der Waals surface area (Å²) in [6, 6.07) is 7.66. The summed E-state index contributed by atoms with van der Waals surface area (Å²) >= 11 is 1.50. The van der Waals surface area contributed by atoms with Crippen LogP contribution in [0.15, 0.2) is 36.0 Å². The Labute approximate surface area is 230 Å². The quantitative estimate of drug-likeness (QED) is 0.501. The summed E-state index contributed by atoms with van der Waals surface area (Å²) in [6.07, 6.45) is 3.80. The molecule has 0 saturated carbocycles. The molecule has 0 radical (unpaired) electrons. The third-order valence-corrected chi connectivity index (χ3v) is 7.95. The predicted octanol–water partition coefficient (Wildman–Crippen LogP) is 1.37. The zero-order chi connectivity index (χ0) is 27.2. The van der Waals surface area contributed by atoms with Gasteiger partial charge in [-0.1, -0.05) is 19.1 Å². The van der Waals surface area contributed by atoms with Crippen molar-refractivity contribution in [3.05, 3.63) is 52.2 Å². The first-order valence-corrected chi connectivity index (χ1v) is 14.1. The van der Waals surface area contributed by atoms with E-state index in [9.17, 15) is 14.4 Å². The minimum absolute atomic E-state index is 0.0292. The number of benzene rings is 1. The molecular formula is C26H32N8O4S.